The third-order valence-corrected chi connectivity index (χ3v) is 5.86. The molecule has 23 heavy (non-hydrogen) atoms. The third-order valence-electron chi connectivity index (χ3n) is 3.92. The molecular weight excluding hydrogens is 316 g/mol. The molecule has 1 aliphatic rings. The van der Waals surface area contributed by atoms with Crippen LogP contribution in [0.3, 0.4) is 0 Å². The molecule has 1 amide bonds. The molecule has 2 rings (SSSR count). The Hall–Kier alpha value is -1.64. The summed E-state index contributed by atoms with van der Waals surface area (Å²) in [6, 6.07) is 7.44. The summed E-state index contributed by atoms with van der Waals surface area (Å²) in [6.07, 6.45) is 0. The zero-order valence-corrected chi connectivity index (χ0v) is 14.9. The maximum atomic E-state index is 12.6. The van der Waals surface area contributed by atoms with Gasteiger partial charge in [0.1, 0.15) is 0 Å². The second-order valence-corrected chi connectivity index (χ2v) is 8.07. The molecule has 128 valence electrons. The maximum Gasteiger partial charge on any atom is 0.281 e. The Morgan fingerprint density at radius 3 is 2.17 bits per heavy atom. The van der Waals surface area contributed by atoms with Crippen LogP contribution in [0, 0.1) is 0 Å². The van der Waals surface area contributed by atoms with E-state index >= 15 is 0 Å². The Labute approximate surface area is 138 Å². The second-order valence-electron chi connectivity index (χ2n) is 5.93. The lowest BCUT2D eigenvalue weighted by Crippen LogP contribution is -2.53. The molecule has 0 saturated carbocycles. The van der Waals surface area contributed by atoms with Crippen molar-refractivity contribution >= 4 is 21.8 Å². The minimum Gasteiger partial charge on any atom is -0.378 e. The van der Waals surface area contributed by atoms with Crippen molar-refractivity contribution in [2.24, 2.45) is 0 Å². The fourth-order valence-electron chi connectivity index (χ4n) is 2.45. The van der Waals surface area contributed by atoms with Gasteiger partial charge in [-0.1, -0.05) is 6.07 Å². The number of hydrogen-bond acceptors (Lipinski definition) is 4. The number of benzene rings is 1. The second kappa shape index (κ2) is 6.86. The maximum absolute atomic E-state index is 12.6. The van der Waals surface area contributed by atoms with E-state index in [9.17, 15) is 13.2 Å². The predicted octanol–water partition coefficient (Wildman–Crippen LogP) is 0.317. The molecule has 0 bridgehead atoms. The molecule has 0 atom stereocenters. The summed E-state index contributed by atoms with van der Waals surface area (Å²) < 4.78 is 26.8. The van der Waals surface area contributed by atoms with Crippen LogP contribution in [0.2, 0.25) is 0 Å². The molecule has 8 heteroatoms. The van der Waals surface area contributed by atoms with Crippen molar-refractivity contribution in [1.29, 1.82) is 0 Å². The minimum absolute atomic E-state index is 0.0596. The summed E-state index contributed by atoms with van der Waals surface area (Å²) in [7, 11) is 3.47. The SMILES string of the molecule is CN(C)c1cccc(C(=O)N2CCN(S(=O)(=O)N(C)C)CC2)c1. The van der Waals surface area contributed by atoms with Crippen molar-refractivity contribution in [3.8, 4) is 0 Å². The monoisotopic (exact) mass is 340 g/mol. The lowest BCUT2D eigenvalue weighted by molar-refractivity contribution is 0.0695. The normalized spacial score (nSPS) is 16.7. The molecular formula is C15H24N4O3S. The van der Waals surface area contributed by atoms with Crippen LogP contribution in [0.25, 0.3) is 0 Å². The Kier molecular flexibility index (Phi) is 5.28. The van der Waals surface area contributed by atoms with Crippen molar-refractivity contribution in [2.45, 2.75) is 0 Å². The van der Waals surface area contributed by atoms with Gasteiger partial charge >= 0.3 is 0 Å². The van der Waals surface area contributed by atoms with Crippen LogP contribution >= 0.6 is 0 Å². The van der Waals surface area contributed by atoms with Gasteiger partial charge in [-0.05, 0) is 18.2 Å². The van der Waals surface area contributed by atoms with E-state index in [0.29, 0.717) is 31.7 Å². The van der Waals surface area contributed by atoms with Crippen molar-refractivity contribution in [1.82, 2.24) is 13.5 Å². The van der Waals surface area contributed by atoms with E-state index in [2.05, 4.69) is 0 Å². The van der Waals surface area contributed by atoms with Crippen LogP contribution < -0.4 is 4.90 Å². The van der Waals surface area contributed by atoms with Crippen LogP contribution in [0.4, 0.5) is 5.69 Å². The number of amides is 1. The number of carbonyl (C=O) groups is 1. The van der Waals surface area contributed by atoms with Crippen LogP contribution in [0.1, 0.15) is 10.4 Å². The molecule has 1 aliphatic heterocycles. The molecule has 0 radical (unpaired) electrons. The first kappa shape index (κ1) is 17.7. The summed E-state index contributed by atoms with van der Waals surface area (Å²) in [5.74, 6) is -0.0596. The first-order chi connectivity index (χ1) is 10.7. The molecule has 1 heterocycles. The van der Waals surface area contributed by atoms with E-state index in [4.69, 9.17) is 0 Å². The van der Waals surface area contributed by atoms with Crippen LogP contribution in [-0.2, 0) is 10.2 Å². The Morgan fingerprint density at radius 2 is 1.65 bits per heavy atom. The van der Waals surface area contributed by atoms with E-state index in [1.165, 1.54) is 22.7 Å². The summed E-state index contributed by atoms with van der Waals surface area (Å²) in [6.45, 7) is 1.44. The van der Waals surface area contributed by atoms with Crippen LogP contribution in [0.5, 0.6) is 0 Å². The highest BCUT2D eigenvalue weighted by molar-refractivity contribution is 7.86. The zero-order valence-electron chi connectivity index (χ0n) is 14.1. The fraction of sp³-hybridized carbons (Fsp3) is 0.533. The van der Waals surface area contributed by atoms with E-state index in [0.717, 1.165) is 5.69 Å². The molecule has 1 fully saturated rings. The summed E-state index contributed by atoms with van der Waals surface area (Å²) in [5, 5.41) is 0. The molecule has 1 aromatic rings. The molecule has 0 aromatic heterocycles. The van der Waals surface area contributed by atoms with Gasteiger partial charge < -0.3 is 9.80 Å². The average Bonchev–Trinajstić information content (AvgIpc) is 2.54. The Morgan fingerprint density at radius 1 is 1.04 bits per heavy atom. The lowest BCUT2D eigenvalue weighted by atomic mass is 10.1. The lowest BCUT2D eigenvalue weighted by Gasteiger charge is -2.35. The number of rotatable bonds is 4. The molecule has 0 N–H and O–H groups in total. The van der Waals surface area contributed by atoms with Gasteiger partial charge in [-0.3, -0.25) is 4.79 Å². The van der Waals surface area contributed by atoms with Crippen LogP contribution in [-0.4, -0.2) is 82.2 Å². The minimum atomic E-state index is -3.41. The predicted molar refractivity (Wildman–Crippen MR) is 90.9 cm³/mol. The van der Waals surface area contributed by atoms with Gasteiger partial charge in [-0.2, -0.15) is 17.0 Å². The van der Waals surface area contributed by atoms with Crippen molar-refractivity contribution in [2.75, 3.05) is 59.3 Å². The highest BCUT2D eigenvalue weighted by atomic mass is 32.2. The highest BCUT2D eigenvalue weighted by Crippen LogP contribution is 2.17. The number of nitrogens with zero attached hydrogens (tertiary/aromatic N) is 4. The Balaban J connectivity index is 2.06. The van der Waals surface area contributed by atoms with Gasteiger partial charge in [0.05, 0.1) is 0 Å². The number of anilines is 1. The molecule has 1 aromatic carbocycles. The number of carbonyl (C=O) groups excluding carboxylic acids is 1. The van der Waals surface area contributed by atoms with Gasteiger partial charge in [0.25, 0.3) is 16.1 Å². The number of piperazine rings is 1. The summed E-state index contributed by atoms with van der Waals surface area (Å²) in [4.78, 5) is 16.2. The van der Waals surface area contributed by atoms with Crippen LogP contribution in [0.15, 0.2) is 24.3 Å². The first-order valence-electron chi connectivity index (χ1n) is 7.47. The molecule has 0 spiro atoms. The summed E-state index contributed by atoms with van der Waals surface area (Å²) in [5.41, 5.74) is 1.59. The molecule has 7 nitrogen and oxygen atoms in total. The quantitative estimate of drug-likeness (QED) is 0.792. The van der Waals surface area contributed by atoms with Gasteiger partial charge in [-0.15, -0.1) is 0 Å². The smallest absolute Gasteiger partial charge is 0.281 e. The van der Waals surface area contributed by atoms with E-state index in [1.54, 1.807) is 11.0 Å². The molecule has 1 saturated heterocycles. The molecule has 0 aliphatic carbocycles. The largest absolute Gasteiger partial charge is 0.378 e. The van der Waals surface area contributed by atoms with E-state index in [-0.39, 0.29) is 5.91 Å². The third kappa shape index (κ3) is 3.82. The highest BCUT2D eigenvalue weighted by Gasteiger charge is 2.30. The first-order valence-corrected chi connectivity index (χ1v) is 8.87. The van der Waals surface area contributed by atoms with E-state index in [1.807, 2.05) is 37.2 Å². The Bertz CT molecular complexity index is 665. The average molecular weight is 340 g/mol. The zero-order chi connectivity index (χ0) is 17.2. The standard InChI is InChI=1S/C15H24N4O3S/c1-16(2)14-7-5-6-13(12-14)15(20)18-8-10-19(11-9-18)23(21,22)17(3)4/h5-7,12H,8-11H2,1-4H3. The van der Waals surface area contributed by atoms with Gasteiger partial charge in [0.2, 0.25) is 0 Å². The topological polar surface area (TPSA) is 64.2 Å². The van der Waals surface area contributed by atoms with Gasteiger partial charge in [-0.25, -0.2) is 0 Å². The van der Waals surface area contributed by atoms with E-state index < -0.39 is 10.2 Å². The van der Waals surface area contributed by atoms with Crippen molar-refractivity contribution < 1.29 is 13.2 Å². The fourth-order valence-corrected chi connectivity index (χ4v) is 3.54. The van der Waals surface area contributed by atoms with Gasteiger partial charge in [0, 0.05) is 65.6 Å². The molecule has 0 unspecified atom stereocenters. The summed E-state index contributed by atoms with van der Waals surface area (Å²) >= 11 is 0. The van der Waals surface area contributed by atoms with Crippen molar-refractivity contribution in [3.05, 3.63) is 29.8 Å². The van der Waals surface area contributed by atoms with Crippen molar-refractivity contribution in [3.63, 3.8) is 0 Å². The number of hydrogen-bond donors (Lipinski definition) is 0. The van der Waals surface area contributed by atoms with Gasteiger partial charge in [0.15, 0.2) is 0 Å².